The molecular weight excluding hydrogens is 154 g/mol. The fourth-order valence-electron chi connectivity index (χ4n) is 1.86. The van der Waals surface area contributed by atoms with Gasteiger partial charge in [0.15, 0.2) is 0 Å². The number of fused-ring (bicyclic) bond motifs is 1. The molecule has 11 heavy (non-hydrogen) atoms. The largest absolute Gasteiger partial charge is 0.373 e. The molecule has 0 aliphatic carbocycles. The van der Waals surface area contributed by atoms with Gasteiger partial charge in [-0.15, -0.1) is 11.3 Å². The molecule has 2 heterocycles. The summed E-state index contributed by atoms with van der Waals surface area (Å²) in [6, 6.07) is 0. The molecule has 60 valence electrons. The number of anilines is 1. The lowest BCUT2D eigenvalue weighted by atomic mass is 9.89. The minimum absolute atomic E-state index is 0.365. The first kappa shape index (κ1) is 7.17. The molecule has 1 aromatic heterocycles. The Bertz CT molecular complexity index is 275. The van der Waals surface area contributed by atoms with Gasteiger partial charge in [-0.3, -0.25) is 0 Å². The van der Waals surface area contributed by atoms with Gasteiger partial charge >= 0.3 is 0 Å². The summed E-state index contributed by atoms with van der Waals surface area (Å²) in [5.74, 6) is 0. The molecule has 0 radical (unpaired) electrons. The first-order valence-corrected chi connectivity index (χ1v) is 4.83. The van der Waals surface area contributed by atoms with Crippen LogP contribution in [0.2, 0.25) is 0 Å². The number of hydrogen-bond acceptors (Lipinski definition) is 2. The lowest BCUT2D eigenvalue weighted by Gasteiger charge is -2.18. The summed E-state index contributed by atoms with van der Waals surface area (Å²) in [6.07, 6.45) is 0. The van der Waals surface area contributed by atoms with Crippen molar-refractivity contribution < 1.29 is 0 Å². The van der Waals surface area contributed by atoms with Crippen LogP contribution in [0, 0.1) is 0 Å². The highest BCUT2D eigenvalue weighted by Gasteiger charge is 2.33. The third-order valence-electron chi connectivity index (χ3n) is 2.41. The van der Waals surface area contributed by atoms with Crippen LogP contribution in [0.25, 0.3) is 0 Å². The Morgan fingerprint density at radius 1 is 1.45 bits per heavy atom. The number of nitrogens with zero attached hydrogens (tertiary/aromatic N) is 1. The third-order valence-corrected chi connectivity index (χ3v) is 3.15. The van der Waals surface area contributed by atoms with Crippen molar-refractivity contribution in [2.75, 3.05) is 18.5 Å². The van der Waals surface area contributed by atoms with Gasteiger partial charge < -0.3 is 4.90 Å². The van der Waals surface area contributed by atoms with Crippen LogP contribution in [0.1, 0.15) is 19.4 Å². The Balaban J connectivity index is 2.54. The minimum atomic E-state index is 0.365. The Labute approximate surface area is 71.7 Å². The van der Waals surface area contributed by atoms with Crippen molar-refractivity contribution in [3.63, 3.8) is 0 Å². The molecule has 0 saturated carbocycles. The summed E-state index contributed by atoms with van der Waals surface area (Å²) in [5.41, 5.74) is 3.31. The molecule has 0 bridgehead atoms. The molecule has 0 atom stereocenters. The van der Waals surface area contributed by atoms with E-state index in [2.05, 4.69) is 36.6 Å². The molecule has 1 aromatic rings. The Morgan fingerprint density at radius 2 is 2.18 bits per heavy atom. The van der Waals surface area contributed by atoms with E-state index in [1.807, 2.05) is 0 Å². The topological polar surface area (TPSA) is 3.24 Å². The fourth-order valence-corrected chi connectivity index (χ4v) is 2.94. The molecular formula is C9H13NS. The molecule has 0 aromatic carbocycles. The summed E-state index contributed by atoms with van der Waals surface area (Å²) in [4.78, 5) is 2.34. The Kier molecular flexibility index (Phi) is 1.31. The predicted molar refractivity (Wildman–Crippen MR) is 50.6 cm³/mol. The van der Waals surface area contributed by atoms with Crippen LogP contribution in [0.5, 0.6) is 0 Å². The molecule has 2 rings (SSSR count). The van der Waals surface area contributed by atoms with Crippen molar-refractivity contribution in [2.24, 2.45) is 0 Å². The van der Waals surface area contributed by atoms with Crippen LogP contribution in [-0.4, -0.2) is 13.6 Å². The zero-order valence-corrected chi connectivity index (χ0v) is 8.03. The number of rotatable bonds is 0. The summed E-state index contributed by atoms with van der Waals surface area (Å²) in [5, 5.41) is 4.52. The number of hydrogen-bond donors (Lipinski definition) is 0. The van der Waals surface area contributed by atoms with E-state index in [0.29, 0.717) is 5.41 Å². The summed E-state index contributed by atoms with van der Waals surface area (Å²) in [6.45, 7) is 5.77. The minimum Gasteiger partial charge on any atom is -0.373 e. The second-order valence-electron chi connectivity index (χ2n) is 3.91. The van der Waals surface area contributed by atoms with Gasteiger partial charge in [-0.1, -0.05) is 13.8 Å². The van der Waals surface area contributed by atoms with Crippen molar-refractivity contribution in [3.8, 4) is 0 Å². The zero-order valence-electron chi connectivity index (χ0n) is 7.22. The van der Waals surface area contributed by atoms with Crippen molar-refractivity contribution in [1.29, 1.82) is 0 Å². The highest BCUT2D eigenvalue weighted by molar-refractivity contribution is 7.08. The van der Waals surface area contributed by atoms with E-state index in [1.165, 1.54) is 11.3 Å². The van der Waals surface area contributed by atoms with Crippen molar-refractivity contribution in [1.82, 2.24) is 0 Å². The van der Waals surface area contributed by atoms with E-state index in [0.717, 1.165) is 6.54 Å². The van der Waals surface area contributed by atoms with Crippen molar-refractivity contribution >= 4 is 17.0 Å². The van der Waals surface area contributed by atoms with Gasteiger partial charge in [-0.05, 0) is 10.9 Å². The second kappa shape index (κ2) is 2.01. The van der Waals surface area contributed by atoms with Crippen molar-refractivity contribution in [3.05, 3.63) is 16.3 Å². The van der Waals surface area contributed by atoms with E-state index in [-0.39, 0.29) is 0 Å². The second-order valence-corrected chi connectivity index (χ2v) is 4.65. The molecule has 1 nitrogen and oxygen atoms in total. The summed E-state index contributed by atoms with van der Waals surface area (Å²) in [7, 11) is 2.17. The normalized spacial score (nSPS) is 20.5. The molecule has 0 fully saturated rings. The summed E-state index contributed by atoms with van der Waals surface area (Å²) >= 11 is 1.81. The van der Waals surface area contributed by atoms with Gasteiger partial charge in [-0.2, -0.15) is 0 Å². The average molecular weight is 167 g/mol. The standard InChI is InChI=1S/C9H13NS/c1-9(2)6-10(3)8-5-11-4-7(8)9/h4-5H,6H2,1-3H3. The number of likely N-dealkylation sites (N-methyl/N-ethyl adjacent to an activating group) is 1. The Hall–Kier alpha value is -0.500. The van der Waals surface area contributed by atoms with Gasteiger partial charge in [-0.25, -0.2) is 0 Å². The lowest BCUT2D eigenvalue weighted by Crippen LogP contribution is -2.25. The first-order chi connectivity index (χ1) is 5.11. The lowest BCUT2D eigenvalue weighted by molar-refractivity contribution is 0.564. The van der Waals surface area contributed by atoms with E-state index >= 15 is 0 Å². The van der Waals surface area contributed by atoms with Gasteiger partial charge in [0, 0.05) is 24.4 Å². The van der Waals surface area contributed by atoms with Gasteiger partial charge in [0.1, 0.15) is 0 Å². The van der Waals surface area contributed by atoms with E-state index in [4.69, 9.17) is 0 Å². The van der Waals surface area contributed by atoms with Crippen LogP contribution >= 0.6 is 11.3 Å². The molecule has 0 amide bonds. The predicted octanol–water partition coefficient (Wildman–Crippen LogP) is 2.48. The first-order valence-electron chi connectivity index (χ1n) is 3.89. The maximum Gasteiger partial charge on any atom is 0.0511 e. The molecule has 1 aliphatic heterocycles. The zero-order chi connectivity index (χ0) is 8.06. The van der Waals surface area contributed by atoms with E-state index in [1.54, 1.807) is 11.3 Å². The smallest absolute Gasteiger partial charge is 0.0511 e. The van der Waals surface area contributed by atoms with Gasteiger partial charge in [0.2, 0.25) is 0 Å². The van der Waals surface area contributed by atoms with Crippen LogP contribution in [0.3, 0.4) is 0 Å². The van der Waals surface area contributed by atoms with Gasteiger partial charge in [0.25, 0.3) is 0 Å². The van der Waals surface area contributed by atoms with Crippen LogP contribution in [0.15, 0.2) is 10.8 Å². The Morgan fingerprint density at radius 3 is 2.82 bits per heavy atom. The summed E-state index contributed by atoms with van der Waals surface area (Å²) < 4.78 is 0. The van der Waals surface area contributed by atoms with Crippen LogP contribution < -0.4 is 4.90 Å². The molecule has 0 saturated heterocycles. The van der Waals surface area contributed by atoms with Crippen LogP contribution in [0.4, 0.5) is 5.69 Å². The molecule has 0 unspecified atom stereocenters. The third kappa shape index (κ3) is 0.890. The maximum atomic E-state index is 2.34. The average Bonchev–Trinajstić information content (AvgIpc) is 2.37. The molecule has 1 aliphatic rings. The van der Waals surface area contributed by atoms with Gasteiger partial charge in [0.05, 0.1) is 5.69 Å². The SMILES string of the molecule is CN1CC(C)(C)c2cscc21. The van der Waals surface area contributed by atoms with E-state index < -0.39 is 0 Å². The van der Waals surface area contributed by atoms with Crippen LogP contribution in [-0.2, 0) is 5.41 Å². The highest BCUT2D eigenvalue weighted by Crippen LogP contribution is 2.41. The van der Waals surface area contributed by atoms with Crippen molar-refractivity contribution in [2.45, 2.75) is 19.3 Å². The molecule has 2 heteroatoms. The number of thiophene rings is 1. The quantitative estimate of drug-likeness (QED) is 0.574. The fraction of sp³-hybridized carbons (Fsp3) is 0.556. The molecule has 0 N–H and O–H groups in total. The maximum absolute atomic E-state index is 2.34. The van der Waals surface area contributed by atoms with E-state index in [9.17, 15) is 0 Å². The monoisotopic (exact) mass is 167 g/mol. The highest BCUT2D eigenvalue weighted by atomic mass is 32.1. The molecule has 0 spiro atoms.